The van der Waals surface area contributed by atoms with Gasteiger partial charge in [0, 0.05) is 6.20 Å². The number of aliphatic hydroxyl groups excluding tert-OH is 1. The third-order valence-corrected chi connectivity index (χ3v) is 3.64. The molecule has 0 aromatic carbocycles. The number of aromatic nitrogens is 3. The molecule has 0 bridgehead atoms. The highest BCUT2D eigenvalue weighted by molar-refractivity contribution is 6.06. The number of aliphatic hydroxyl groups is 1. The first kappa shape index (κ1) is 13.8. The number of nitrogen functional groups attached to an aromatic ring is 1. The molecule has 8 nitrogen and oxygen atoms in total. The Labute approximate surface area is 120 Å². The van der Waals surface area contributed by atoms with Crippen LogP contribution < -0.4 is 5.73 Å². The lowest BCUT2D eigenvalue weighted by molar-refractivity contribution is -0.0205. The minimum Gasteiger partial charge on any atom is -0.478 e. The Bertz CT molecular complexity index is 712. The molecule has 8 heteroatoms. The van der Waals surface area contributed by atoms with E-state index in [1.54, 1.807) is 11.5 Å². The molecule has 0 spiro atoms. The fourth-order valence-corrected chi connectivity index (χ4v) is 2.70. The van der Waals surface area contributed by atoms with Gasteiger partial charge in [0.1, 0.15) is 23.5 Å². The fourth-order valence-electron chi connectivity index (χ4n) is 2.70. The Kier molecular flexibility index (Phi) is 3.26. The maximum atomic E-state index is 11.4. The molecule has 2 unspecified atom stereocenters. The van der Waals surface area contributed by atoms with E-state index in [1.807, 2.05) is 0 Å². The first-order chi connectivity index (χ1) is 10.0. The summed E-state index contributed by atoms with van der Waals surface area (Å²) in [6.07, 6.45) is 2.27. The van der Waals surface area contributed by atoms with E-state index in [9.17, 15) is 9.90 Å². The van der Waals surface area contributed by atoms with E-state index in [1.165, 1.54) is 6.20 Å². The predicted octanol–water partition coefficient (Wildman–Crippen LogP) is 0.690. The molecule has 3 heterocycles. The number of nitrogens with zero attached hydrogens (tertiary/aromatic N) is 3. The molecule has 2 aromatic heterocycles. The van der Waals surface area contributed by atoms with Crippen LogP contribution in [0.1, 0.15) is 35.3 Å². The van der Waals surface area contributed by atoms with Gasteiger partial charge in [0.25, 0.3) is 0 Å². The van der Waals surface area contributed by atoms with Crippen molar-refractivity contribution >= 4 is 22.8 Å². The van der Waals surface area contributed by atoms with Gasteiger partial charge in [-0.2, -0.15) is 0 Å². The van der Waals surface area contributed by atoms with Crippen LogP contribution in [-0.2, 0) is 4.74 Å². The highest BCUT2D eigenvalue weighted by Crippen LogP contribution is 2.34. The van der Waals surface area contributed by atoms with Crippen LogP contribution in [0.4, 0.5) is 5.82 Å². The van der Waals surface area contributed by atoms with Crippen LogP contribution in [0, 0.1) is 6.92 Å². The third-order valence-electron chi connectivity index (χ3n) is 3.64. The van der Waals surface area contributed by atoms with E-state index in [0.29, 0.717) is 29.7 Å². The molecule has 3 rings (SSSR count). The van der Waals surface area contributed by atoms with E-state index < -0.39 is 5.97 Å². The summed E-state index contributed by atoms with van der Waals surface area (Å²) in [6.45, 7) is 1.64. The number of hydrogen-bond donors (Lipinski definition) is 3. The number of anilines is 1. The largest absolute Gasteiger partial charge is 0.478 e. The summed E-state index contributed by atoms with van der Waals surface area (Å²) in [5.74, 6) is -0.479. The van der Waals surface area contributed by atoms with E-state index in [-0.39, 0.29) is 30.3 Å². The first-order valence-electron chi connectivity index (χ1n) is 6.65. The zero-order valence-electron chi connectivity index (χ0n) is 11.5. The van der Waals surface area contributed by atoms with Gasteiger partial charge in [-0.25, -0.2) is 14.8 Å². The molecular weight excluding hydrogens is 276 g/mol. The summed E-state index contributed by atoms with van der Waals surface area (Å²) in [5.41, 5.74) is 6.35. The van der Waals surface area contributed by atoms with E-state index >= 15 is 0 Å². The Balaban J connectivity index is 2.17. The Hall–Kier alpha value is -2.19. The lowest BCUT2D eigenvalue weighted by Gasteiger charge is -2.14. The van der Waals surface area contributed by atoms with Crippen LogP contribution in [0.5, 0.6) is 0 Å². The van der Waals surface area contributed by atoms with Crippen LogP contribution in [0.2, 0.25) is 0 Å². The quantitative estimate of drug-likeness (QED) is 0.760. The number of carboxylic acids is 1. The number of ether oxygens (including phenoxy) is 1. The minimum absolute atomic E-state index is 0.0542. The number of carbonyl (C=O) groups is 1. The van der Waals surface area contributed by atoms with Crippen molar-refractivity contribution in [2.75, 3.05) is 12.3 Å². The van der Waals surface area contributed by atoms with Crippen molar-refractivity contribution in [2.24, 2.45) is 0 Å². The van der Waals surface area contributed by atoms with Crippen molar-refractivity contribution in [1.29, 1.82) is 0 Å². The van der Waals surface area contributed by atoms with Crippen molar-refractivity contribution in [1.82, 2.24) is 14.5 Å². The molecule has 0 saturated carbocycles. The van der Waals surface area contributed by atoms with E-state index in [2.05, 4.69) is 9.97 Å². The smallest absolute Gasteiger partial charge is 0.338 e. The van der Waals surface area contributed by atoms with Gasteiger partial charge >= 0.3 is 5.97 Å². The van der Waals surface area contributed by atoms with Crippen LogP contribution >= 0.6 is 0 Å². The van der Waals surface area contributed by atoms with Crippen LogP contribution in [-0.4, -0.2) is 43.4 Å². The molecule has 2 aromatic rings. The van der Waals surface area contributed by atoms with Gasteiger partial charge in [-0.1, -0.05) is 0 Å². The number of rotatable bonds is 3. The maximum absolute atomic E-state index is 11.4. The summed E-state index contributed by atoms with van der Waals surface area (Å²) in [4.78, 5) is 19.7. The van der Waals surface area contributed by atoms with Gasteiger partial charge in [0.15, 0.2) is 0 Å². The maximum Gasteiger partial charge on any atom is 0.338 e. The van der Waals surface area contributed by atoms with Gasteiger partial charge in [0.05, 0.1) is 23.7 Å². The molecule has 0 amide bonds. The number of aromatic carboxylic acids is 1. The second-order valence-electron chi connectivity index (χ2n) is 5.08. The van der Waals surface area contributed by atoms with E-state index in [4.69, 9.17) is 15.6 Å². The summed E-state index contributed by atoms with van der Waals surface area (Å²) in [7, 11) is 0. The molecule has 1 aliphatic heterocycles. The number of nitrogens with two attached hydrogens (primary N) is 1. The second kappa shape index (κ2) is 4.97. The van der Waals surface area contributed by atoms with Crippen LogP contribution in [0.25, 0.3) is 11.0 Å². The molecule has 4 N–H and O–H groups in total. The van der Waals surface area contributed by atoms with Crippen LogP contribution in [0.3, 0.4) is 0 Å². The predicted molar refractivity (Wildman–Crippen MR) is 73.9 cm³/mol. The molecule has 112 valence electrons. The molecule has 0 radical (unpaired) electrons. The highest BCUT2D eigenvalue weighted by Gasteiger charge is 2.29. The lowest BCUT2D eigenvalue weighted by atomic mass is 10.2. The molecule has 1 saturated heterocycles. The summed E-state index contributed by atoms with van der Waals surface area (Å²) < 4.78 is 7.36. The van der Waals surface area contributed by atoms with Crippen LogP contribution in [0.15, 0.2) is 6.20 Å². The van der Waals surface area contributed by atoms with Crippen molar-refractivity contribution in [3.8, 4) is 0 Å². The van der Waals surface area contributed by atoms with Gasteiger partial charge in [-0.3, -0.25) is 0 Å². The normalized spacial score (nSPS) is 22.0. The molecule has 21 heavy (non-hydrogen) atoms. The standard InChI is InChI=1S/C13H16N4O4/c1-6-15-11(14)10-8(13(19)20)4-17(12(10)16-6)9-3-2-7(5-18)21-9/h4,7,9,18H,2-3,5H2,1H3,(H,19,20)(H2,14,15,16). The molecule has 1 fully saturated rings. The summed E-state index contributed by atoms with van der Waals surface area (Å²) >= 11 is 0. The number of aryl methyl sites for hydroxylation is 1. The number of carboxylic acid groups (broad SMARTS) is 1. The monoisotopic (exact) mass is 292 g/mol. The number of hydrogen-bond acceptors (Lipinski definition) is 6. The van der Waals surface area contributed by atoms with Crippen molar-refractivity contribution in [3.63, 3.8) is 0 Å². The van der Waals surface area contributed by atoms with Gasteiger partial charge in [0.2, 0.25) is 0 Å². The SMILES string of the molecule is Cc1nc(N)c2c(C(=O)O)cn(C3CCC(CO)O3)c2n1. The second-order valence-corrected chi connectivity index (χ2v) is 5.08. The zero-order chi connectivity index (χ0) is 15.1. The number of fused-ring (bicyclic) bond motifs is 1. The Morgan fingerprint density at radius 3 is 2.90 bits per heavy atom. The summed E-state index contributed by atoms with van der Waals surface area (Å²) in [6, 6.07) is 0. The molecule has 1 aliphatic rings. The fraction of sp³-hybridized carbons (Fsp3) is 0.462. The highest BCUT2D eigenvalue weighted by atomic mass is 16.5. The van der Waals surface area contributed by atoms with Crippen molar-refractivity contribution < 1.29 is 19.7 Å². The first-order valence-corrected chi connectivity index (χ1v) is 6.65. The average molecular weight is 292 g/mol. The Morgan fingerprint density at radius 1 is 1.52 bits per heavy atom. The van der Waals surface area contributed by atoms with Gasteiger partial charge in [-0.05, 0) is 19.8 Å². The van der Waals surface area contributed by atoms with Crippen molar-refractivity contribution in [2.45, 2.75) is 32.1 Å². The zero-order valence-corrected chi connectivity index (χ0v) is 11.5. The lowest BCUT2D eigenvalue weighted by Crippen LogP contribution is -2.14. The molecule has 2 atom stereocenters. The molecular formula is C13H16N4O4. The average Bonchev–Trinajstić information content (AvgIpc) is 3.01. The van der Waals surface area contributed by atoms with Gasteiger partial charge in [-0.15, -0.1) is 0 Å². The summed E-state index contributed by atoms with van der Waals surface area (Å²) in [5, 5.41) is 18.8. The van der Waals surface area contributed by atoms with Crippen molar-refractivity contribution in [3.05, 3.63) is 17.6 Å². The van der Waals surface area contributed by atoms with Gasteiger partial charge < -0.3 is 25.3 Å². The molecule has 0 aliphatic carbocycles. The minimum atomic E-state index is -1.09. The Morgan fingerprint density at radius 2 is 2.29 bits per heavy atom. The van der Waals surface area contributed by atoms with E-state index in [0.717, 1.165) is 0 Å². The third kappa shape index (κ3) is 2.22. The topological polar surface area (TPSA) is 123 Å².